The molecule has 0 bridgehead atoms. The number of hydrogen-bond donors (Lipinski definition) is 2. The predicted molar refractivity (Wildman–Crippen MR) is 117 cm³/mol. The SMILES string of the molecule is COc1ccc(-c2[nH]c3cc(C)cc(C)c3c2CCCCN)c2cccnc12. The third-order valence-corrected chi connectivity index (χ3v) is 5.45. The molecule has 28 heavy (non-hydrogen) atoms. The summed E-state index contributed by atoms with van der Waals surface area (Å²) < 4.78 is 5.54. The number of nitrogens with zero attached hydrogens (tertiary/aromatic N) is 1. The molecule has 4 rings (SSSR count). The van der Waals surface area contributed by atoms with Crippen LogP contribution in [0.15, 0.2) is 42.6 Å². The number of pyridine rings is 1. The first kappa shape index (κ1) is 18.5. The molecule has 0 unspecified atom stereocenters. The van der Waals surface area contributed by atoms with Gasteiger partial charge in [-0.2, -0.15) is 0 Å². The molecular weight excluding hydrogens is 346 g/mol. The Kier molecular flexibility index (Phi) is 5.05. The van der Waals surface area contributed by atoms with Crippen LogP contribution in [0.1, 0.15) is 29.5 Å². The first-order chi connectivity index (χ1) is 13.6. The van der Waals surface area contributed by atoms with E-state index in [0.29, 0.717) is 0 Å². The number of aromatic amines is 1. The number of H-pyrrole nitrogens is 1. The fourth-order valence-corrected chi connectivity index (χ4v) is 4.26. The lowest BCUT2D eigenvalue weighted by atomic mass is 9.95. The van der Waals surface area contributed by atoms with Crippen molar-refractivity contribution in [2.75, 3.05) is 13.7 Å². The molecule has 144 valence electrons. The van der Waals surface area contributed by atoms with Crippen molar-refractivity contribution in [1.82, 2.24) is 9.97 Å². The maximum Gasteiger partial charge on any atom is 0.145 e. The number of nitrogens with one attached hydrogen (secondary N) is 1. The van der Waals surface area contributed by atoms with Crippen LogP contribution >= 0.6 is 0 Å². The van der Waals surface area contributed by atoms with Gasteiger partial charge in [0.1, 0.15) is 11.3 Å². The summed E-state index contributed by atoms with van der Waals surface area (Å²) in [6.07, 6.45) is 4.93. The van der Waals surface area contributed by atoms with Crippen LogP contribution in [0.4, 0.5) is 0 Å². The number of benzene rings is 2. The monoisotopic (exact) mass is 373 g/mol. The van der Waals surface area contributed by atoms with E-state index in [0.717, 1.165) is 42.5 Å². The first-order valence-electron chi connectivity index (χ1n) is 9.88. The van der Waals surface area contributed by atoms with Gasteiger partial charge in [0.05, 0.1) is 12.8 Å². The van der Waals surface area contributed by atoms with Gasteiger partial charge in [-0.05, 0) is 80.6 Å². The number of ether oxygens (including phenoxy) is 1. The predicted octanol–water partition coefficient (Wildman–Crippen LogP) is 5.29. The van der Waals surface area contributed by atoms with Crippen molar-refractivity contribution in [2.45, 2.75) is 33.1 Å². The molecule has 0 aliphatic rings. The molecule has 0 amide bonds. The number of methoxy groups -OCH3 is 1. The summed E-state index contributed by atoms with van der Waals surface area (Å²) in [6, 6.07) is 12.8. The van der Waals surface area contributed by atoms with Crippen molar-refractivity contribution >= 4 is 21.8 Å². The number of hydrogen-bond acceptors (Lipinski definition) is 3. The highest BCUT2D eigenvalue weighted by molar-refractivity contribution is 6.02. The second kappa shape index (κ2) is 7.64. The van der Waals surface area contributed by atoms with E-state index in [4.69, 9.17) is 10.5 Å². The van der Waals surface area contributed by atoms with Crippen LogP contribution in [0.5, 0.6) is 5.75 Å². The van der Waals surface area contributed by atoms with Gasteiger partial charge < -0.3 is 15.5 Å². The Morgan fingerprint density at radius 2 is 1.96 bits per heavy atom. The summed E-state index contributed by atoms with van der Waals surface area (Å²) in [5.41, 5.74) is 14.2. The Balaban J connectivity index is 1.99. The van der Waals surface area contributed by atoms with E-state index in [-0.39, 0.29) is 0 Å². The van der Waals surface area contributed by atoms with E-state index >= 15 is 0 Å². The summed E-state index contributed by atoms with van der Waals surface area (Å²) in [4.78, 5) is 8.29. The lowest BCUT2D eigenvalue weighted by molar-refractivity contribution is 0.419. The number of unbranched alkanes of at least 4 members (excludes halogenated alkanes) is 1. The molecule has 4 aromatic rings. The fraction of sp³-hybridized carbons (Fsp3) is 0.292. The zero-order valence-corrected chi connectivity index (χ0v) is 16.8. The summed E-state index contributed by atoms with van der Waals surface area (Å²) >= 11 is 0. The normalized spacial score (nSPS) is 11.4. The standard InChI is InChI=1S/C24H27N3O/c1-15-13-16(2)22-19(7-4-5-11-25)23(27-20(22)14-15)18-9-10-21(28-3)24-17(18)8-6-12-26-24/h6,8-10,12-14,27H,4-5,7,11,25H2,1-3H3. The Hall–Kier alpha value is -2.85. The Morgan fingerprint density at radius 1 is 1.11 bits per heavy atom. The van der Waals surface area contributed by atoms with Gasteiger partial charge in [0.25, 0.3) is 0 Å². The van der Waals surface area contributed by atoms with Crippen LogP contribution in [-0.2, 0) is 6.42 Å². The average Bonchev–Trinajstić information content (AvgIpc) is 3.05. The maximum atomic E-state index is 5.76. The molecule has 4 heteroatoms. The molecule has 3 N–H and O–H groups in total. The molecular formula is C24H27N3O. The van der Waals surface area contributed by atoms with Gasteiger partial charge in [0.15, 0.2) is 0 Å². The summed E-state index contributed by atoms with van der Waals surface area (Å²) in [6.45, 7) is 5.08. The minimum absolute atomic E-state index is 0.727. The van der Waals surface area contributed by atoms with Crippen LogP contribution in [0.3, 0.4) is 0 Å². The van der Waals surface area contributed by atoms with E-state index in [9.17, 15) is 0 Å². The lowest BCUT2D eigenvalue weighted by Gasteiger charge is -2.11. The third-order valence-electron chi connectivity index (χ3n) is 5.45. The smallest absolute Gasteiger partial charge is 0.145 e. The molecule has 0 saturated heterocycles. The van der Waals surface area contributed by atoms with Crippen LogP contribution in [0, 0.1) is 13.8 Å². The molecule has 2 aromatic heterocycles. The zero-order valence-electron chi connectivity index (χ0n) is 16.8. The second-order valence-corrected chi connectivity index (χ2v) is 7.44. The van der Waals surface area contributed by atoms with Gasteiger partial charge in [-0.15, -0.1) is 0 Å². The van der Waals surface area contributed by atoms with Gasteiger partial charge in [-0.3, -0.25) is 4.98 Å². The topological polar surface area (TPSA) is 63.9 Å². The minimum atomic E-state index is 0.727. The average molecular weight is 374 g/mol. The largest absolute Gasteiger partial charge is 0.494 e. The Bertz CT molecular complexity index is 1140. The van der Waals surface area contributed by atoms with Crippen molar-refractivity contribution in [3.63, 3.8) is 0 Å². The number of fused-ring (bicyclic) bond motifs is 2. The molecule has 2 aromatic carbocycles. The van der Waals surface area contributed by atoms with Crippen LogP contribution in [0.25, 0.3) is 33.1 Å². The van der Waals surface area contributed by atoms with Crippen LogP contribution < -0.4 is 10.5 Å². The Morgan fingerprint density at radius 3 is 2.75 bits per heavy atom. The van der Waals surface area contributed by atoms with E-state index in [1.54, 1.807) is 7.11 Å². The molecule has 4 nitrogen and oxygen atoms in total. The molecule has 0 aliphatic carbocycles. The molecule has 2 heterocycles. The number of aryl methyl sites for hydroxylation is 3. The maximum absolute atomic E-state index is 5.76. The molecule has 0 radical (unpaired) electrons. The molecule has 0 saturated carbocycles. The van der Waals surface area contributed by atoms with Gasteiger partial charge >= 0.3 is 0 Å². The number of nitrogens with two attached hydrogens (primary N) is 1. The highest BCUT2D eigenvalue weighted by Gasteiger charge is 2.18. The Labute approximate surface area is 165 Å². The van der Waals surface area contributed by atoms with Crippen LogP contribution in [-0.4, -0.2) is 23.6 Å². The van der Waals surface area contributed by atoms with Gasteiger partial charge in [0, 0.05) is 28.0 Å². The summed E-state index contributed by atoms with van der Waals surface area (Å²) in [5.74, 6) is 0.798. The van der Waals surface area contributed by atoms with Crippen LogP contribution in [0.2, 0.25) is 0 Å². The van der Waals surface area contributed by atoms with Crippen molar-refractivity contribution in [3.05, 3.63) is 59.3 Å². The third kappa shape index (κ3) is 3.14. The van der Waals surface area contributed by atoms with E-state index in [1.165, 1.54) is 38.9 Å². The lowest BCUT2D eigenvalue weighted by Crippen LogP contribution is -1.99. The quantitative estimate of drug-likeness (QED) is 0.451. The summed E-state index contributed by atoms with van der Waals surface area (Å²) in [7, 11) is 1.69. The van der Waals surface area contributed by atoms with Gasteiger partial charge in [-0.1, -0.05) is 12.1 Å². The minimum Gasteiger partial charge on any atom is -0.494 e. The van der Waals surface area contributed by atoms with Crippen molar-refractivity contribution in [3.8, 4) is 17.0 Å². The second-order valence-electron chi connectivity index (χ2n) is 7.44. The molecule has 0 spiro atoms. The van der Waals surface area contributed by atoms with Crippen molar-refractivity contribution < 1.29 is 4.74 Å². The molecule has 0 aliphatic heterocycles. The molecule has 0 atom stereocenters. The highest BCUT2D eigenvalue weighted by atomic mass is 16.5. The first-order valence-corrected chi connectivity index (χ1v) is 9.88. The van der Waals surface area contributed by atoms with E-state index < -0.39 is 0 Å². The van der Waals surface area contributed by atoms with Gasteiger partial charge in [-0.25, -0.2) is 0 Å². The molecule has 0 fully saturated rings. The van der Waals surface area contributed by atoms with E-state index in [2.05, 4.69) is 48.1 Å². The van der Waals surface area contributed by atoms with Crippen molar-refractivity contribution in [1.29, 1.82) is 0 Å². The van der Waals surface area contributed by atoms with Crippen molar-refractivity contribution in [2.24, 2.45) is 5.73 Å². The zero-order chi connectivity index (χ0) is 19.7. The number of aromatic nitrogens is 2. The number of rotatable bonds is 6. The van der Waals surface area contributed by atoms with Gasteiger partial charge in [0.2, 0.25) is 0 Å². The summed E-state index contributed by atoms with van der Waals surface area (Å²) in [5, 5.41) is 2.44. The highest BCUT2D eigenvalue weighted by Crippen LogP contribution is 2.39. The van der Waals surface area contributed by atoms with E-state index in [1.807, 2.05) is 18.3 Å². The fourth-order valence-electron chi connectivity index (χ4n) is 4.26.